The van der Waals surface area contributed by atoms with Crippen LogP contribution in [0.5, 0.6) is 0 Å². The van der Waals surface area contributed by atoms with Crippen LogP contribution in [0.25, 0.3) is 0 Å². The maximum absolute atomic E-state index is 11.1. The average Bonchev–Trinajstić information content (AvgIpc) is 2.13. The van der Waals surface area contributed by atoms with Crippen LogP contribution in [-0.2, 0) is 4.79 Å². The Morgan fingerprint density at radius 3 is 2.55 bits per heavy atom. The topological polar surface area (TPSA) is 43.1 Å². The molecule has 1 aliphatic rings. The summed E-state index contributed by atoms with van der Waals surface area (Å²) in [6.07, 6.45) is 5.67. The first kappa shape index (κ1) is 8.72. The number of rotatable bonds is 1. The third kappa shape index (κ3) is 2.29. The van der Waals surface area contributed by atoms with Gasteiger partial charge >= 0.3 is 0 Å². The Morgan fingerprint density at radius 2 is 1.91 bits per heavy atom. The van der Waals surface area contributed by atoms with Crippen LogP contribution >= 0.6 is 0 Å². The molecule has 2 N–H and O–H groups in total. The van der Waals surface area contributed by atoms with Crippen LogP contribution in [0.3, 0.4) is 0 Å². The lowest BCUT2D eigenvalue weighted by Crippen LogP contribution is -2.33. The van der Waals surface area contributed by atoms with E-state index < -0.39 is 0 Å². The Labute approximate surface area is 68.2 Å². The molecule has 0 aromatic carbocycles. The highest BCUT2D eigenvalue weighted by molar-refractivity contribution is 5.79. The summed E-state index contributed by atoms with van der Waals surface area (Å²) in [5.74, 6) is 0.428. The van der Waals surface area contributed by atoms with Gasteiger partial charge in [0.1, 0.15) is 5.78 Å². The fourth-order valence-corrected chi connectivity index (χ4v) is 1.84. The van der Waals surface area contributed by atoms with Gasteiger partial charge in [0, 0.05) is 12.0 Å². The molecule has 11 heavy (non-hydrogen) atoms. The molecule has 1 saturated carbocycles. The van der Waals surface area contributed by atoms with Crippen LogP contribution in [0.15, 0.2) is 0 Å². The van der Waals surface area contributed by atoms with Crippen molar-refractivity contribution in [2.75, 3.05) is 0 Å². The zero-order chi connectivity index (χ0) is 8.27. The van der Waals surface area contributed by atoms with Crippen LogP contribution in [-0.4, -0.2) is 11.8 Å². The Morgan fingerprint density at radius 1 is 1.27 bits per heavy atom. The Balaban J connectivity index is 2.52. The summed E-state index contributed by atoms with van der Waals surface area (Å²) in [7, 11) is 0. The number of carbonyl (C=O) groups excluding carboxylic acids is 1. The van der Waals surface area contributed by atoms with E-state index in [1.54, 1.807) is 6.92 Å². The maximum atomic E-state index is 11.1. The number of nitrogens with two attached hydrogens (primary N) is 1. The van der Waals surface area contributed by atoms with Crippen LogP contribution in [0, 0.1) is 5.92 Å². The van der Waals surface area contributed by atoms with Crippen molar-refractivity contribution in [2.45, 2.75) is 45.1 Å². The van der Waals surface area contributed by atoms with Gasteiger partial charge in [-0.3, -0.25) is 4.79 Å². The highest BCUT2D eigenvalue weighted by Crippen LogP contribution is 2.22. The predicted molar refractivity (Wildman–Crippen MR) is 45.2 cm³/mol. The number of ketones is 1. The Kier molecular flexibility index (Phi) is 3.06. The molecule has 0 heterocycles. The zero-order valence-electron chi connectivity index (χ0n) is 7.18. The van der Waals surface area contributed by atoms with E-state index in [0.717, 1.165) is 12.8 Å². The van der Waals surface area contributed by atoms with Gasteiger partial charge in [0.05, 0.1) is 0 Å². The maximum Gasteiger partial charge on any atom is 0.134 e. The number of Topliss-reactive ketones (excluding diaryl/α,β-unsaturated/α-hetero) is 1. The van der Waals surface area contributed by atoms with Crippen molar-refractivity contribution >= 4 is 5.78 Å². The van der Waals surface area contributed by atoms with Gasteiger partial charge in [-0.1, -0.05) is 19.3 Å². The van der Waals surface area contributed by atoms with Gasteiger partial charge in [0.15, 0.2) is 0 Å². The monoisotopic (exact) mass is 155 g/mol. The highest BCUT2D eigenvalue weighted by atomic mass is 16.1. The first-order valence-corrected chi connectivity index (χ1v) is 4.48. The second kappa shape index (κ2) is 3.86. The van der Waals surface area contributed by atoms with Gasteiger partial charge < -0.3 is 5.73 Å². The lowest BCUT2D eigenvalue weighted by molar-refractivity contribution is -0.121. The van der Waals surface area contributed by atoms with Crippen molar-refractivity contribution < 1.29 is 4.79 Å². The summed E-state index contributed by atoms with van der Waals surface area (Å²) in [6.45, 7) is 1.66. The summed E-state index contributed by atoms with van der Waals surface area (Å²) >= 11 is 0. The molecule has 1 rings (SSSR count). The molecule has 2 atom stereocenters. The molecule has 2 nitrogen and oxygen atoms in total. The van der Waals surface area contributed by atoms with Gasteiger partial charge in [0.25, 0.3) is 0 Å². The minimum absolute atomic E-state index is 0.134. The summed E-state index contributed by atoms with van der Waals surface area (Å²) < 4.78 is 0. The zero-order valence-corrected chi connectivity index (χ0v) is 7.18. The fourth-order valence-electron chi connectivity index (χ4n) is 1.84. The molecule has 64 valence electrons. The number of hydrogen-bond acceptors (Lipinski definition) is 2. The lowest BCUT2D eigenvalue weighted by Gasteiger charge is -2.17. The SMILES string of the molecule is CC(=O)C1CCCCCC1N. The second-order valence-corrected chi connectivity index (χ2v) is 3.52. The van der Waals surface area contributed by atoms with Crippen molar-refractivity contribution in [3.8, 4) is 0 Å². The van der Waals surface area contributed by atoms with E-state index in [-0.39, 0.29) is 17.7 Å². The first-order chi connectivity index (χ1) is 5.22. The molecule has 0 radical (unpaired) electrons. The van der Waals surface area contributed by atoms with Gasteiger partial charge in [-0.2, -0.15) is 0 Å². The van der Waals surface area contributed by atoms with Crippen molar-refractivity contribution in [1.29, 1.82) is 0 Å². The van der Waals surface area contributed by atoms with Crippen LogP contribution in [0.4, 0.5) is 0 Å². The summed E-state index contributed by atoms with van der Waals surface area (Å²) in [6, 6.07) is 0.134. The molecule has 0 amide bonds. The molecule has 2 unspecified atom stereocenters. The minimum atomic E-state index is 0.134. The molecule has 1 fully saturated rings. The molecule has 0 spiro atoms. The van der Waals surface area contributed by atoms with Gasteiger partial charge in [0.2, 0.25) is 0 Å². The Hall–Kier alpha value is -0.370. The second-order valence-electron chi connectivity index (χ2n) is 3.52. The van der Waals surface area contributed by atoms with E-state index >= 15 is 0 Å². The van der Waals surface area contributed by atoms with Crippen molar-refractivity contribution in [2.24, 2.45) is 11.7 Å². The van der Waals surface area contributed by atoms with E-state index in [1.165, 1.54) is 19.3 Å². The summed E-state index contributed by atoms with van der Waals surface area (Å²) in [4.78, 5) is 11.1. The highest BCUT2D eigenvalue weighted by Gasteiger charge is 2.23. The van der Waals surface area contributed by atoms with E-state index in [0.29, 0.717) is 0 Å². The predicted octanol–water partition coefficient (Wildman–Crippen LogP) is 1.48. The smallest absolute Gasteiger partial charge is 0.134 e. The van der Waals surface area contributed by atoms with E-state index in [1.807, 2.05) is 0 Å². The summed E-state index contributed by atoms with van der Waals surface area (Å²) in [5.41, 5.74) is 5.86. The van der Waals surface area contributed by atoms with Crippen LogP contribution in [0.2, 0.25) is 0 Å². The average molecular weight is 155 g/mol. The van der Waals surface area contributed by atoms with Gasteiger partial charge in [-0.25, -0.2) is 0 Å². The number of carbonyl (C=O) groups is 1. The number of hydrogen-bond donors (Lipinski definition) is 1. The van der Waals surface area contributed by atoms with E-state index in [2.05, 4.69) is 0 Å². The third-order valence-electron chi connectivity index (χ3n) is 2.59. The first-order valence-electron chi connectivity index (χ1n) is 4.48. The van der Waals surface area contributed by atoms with E-state index in [9.17, 15) is 4.79 Å². The van der Waals surface area contributed by atoms with Crippen molar-refractivity contribution in [3.05, 3.63) is 0 Å². The molecular weight excluding hydrogens is 138 g/mol. The van der Waals surface area contributed by atoms with Crippen molar-refractivity contribution in [1.82, 2.24) is 0 Å². The molecule has 2 heteroatoms. The largest absolute Gasteiger partial charge is 0.327 e. The lowest BCUT2D eigenvalue weighted by atomic mass is 9.92. The van der Waals surface area contributed by atoms with Gasteiger partial charge in [-0.15, -0.1) is 0 Å². The minimum Gasteiger partial charge on any atom is -0.327 e. The summed E-state index contributed by atoms with van der Waals surface area (Å²) in [5, 5.41) is 0. The quantitative estimate of drug-likeness (QED) is 0.583. The fraction of sp³-hybridized carbons (Fsp3) is 0.889. The molecule has 1 aliphatic carbocycles. The molecular formula is C9H17NO. The van der Waals surface area contributed by atoms with Crippen LogP contribution in [0.1, 0.15) is 39.0 Å². The molecule has 0 aliphatic heterocycles. The third-order valence-corrected chi connectivity index (χ3v) is 2.59. The van der Waals surface area contributed by atoms with Crippen LogP contribution < -0.4 is 5.73 Å². The Bertz CT molecular complexity index is 144. The standard InChI is InChI=1S/C9H17NO/c1-7(11)8-5-3-2-4-6-9(8)10/h8-9H,2-6,10H2,1H3. The van der Waals surface area contributed by atoms with Crippen molar-refractivity contribution in [3.63, 3.8) is 0 Å². The molecule has 0 bridgehead atoms. The normalized spacial score (nSPS) is 32.9. The molecule has 0 saturated heterocycles. The van der Waals surface area contributed by atoms with E-state index in [4.69, 9.17) is 5.73 Å². The molecule has 0 aromatic heterocycles. The molecule has 0 aromatic rings. The van der Waals surface area contributed by atoms with Gasteiger partial charge in [-0.05, 0) is 19.8 Å².